The van der Waals surface area contributed by atoms with Gasteiger partial charge in [0.2, 0.25) is 0 Å². The van der Waals surface area contributed by atoms with E-state index in [-0.39, 0.29) is 6.10 Å². The van der Waals surface area contributed by atoms with Crippen molar-refractivity contribution in [1.29, 1.82) is 0 Å². The predicted molar refractivity (Wildman–Crippen MR) is 61.4 cm³/mol. The quantitative estimate of drug-likeness (QED) is 0.736. The molecule has 3 heteroatoms. The van der Waals surface area contributed by atoms with Gasteiger partial charge in [-0.3, -0.25) is 0 Å². The minimum absolute atomic E-state index is 0. The van der Waals surface area contributed by atoms with Crippen molar-refractivity contribution in [3.63, 3.8) is 0 Å². The van der Waals surface area contributed by atoms with Crippen molar-refractivity contribution in [2.24, 2.45) is 0 Å². The molecule has 15 heavy (non-hydrogen) atoms. The van der Waals surface area contributed by atoms with Crippen LogP contribution in [0.1, 0.15) is 26.3 Å². The molecule has 1 rings (SSSR count). The normalized spacial score (nSPS) is 10.7. The largest absolute Gasteiger partial charge is 0.656 e. The van der Waals surface area contributed by atoms with Crippen molar-refractivity contribution in [3.8, 4) is 0 Å². The molecule has 2 nitrogen and oxygen atoms in total. The second-order valence-corrected chi connectivity index (χ2v) is 2.90. The Bertz CT molecular complexity index is 214. The Morgan fingerprint density at radius 3 is 2.20 bits per heavy atom. The molecule has 0 amide bonds. The Balaban J connectivity index is 0. The smallest absolute Gasteiger partial charge is 0.0325 e. The number of aliphatic hydroxyl groups is 1. The Hall–Kier alpha value is -1.86. The van der Waals surface area contributed by atoms with Gasteiger partial charge in [0.25, 0.3) is 0 Å². The monoisotopic (exact) mass is 461 g/mol. The number of rotatable bonds is 4. The first-order valence-corrected chi connectivity index (χ1v) is 5.14. The van der Waals surface area contributed by atoms with Gasteiger partial charge >= 0.3 is 0 Å². The second kappa shape index (κ2) is 10.2. The molecule has 0 aliphatic carbocycles. The second-order valence-electron chi connectivity index (χ2n) is 2.90. The SMILES string of the molecule is CC.CC(O)C[N-]Cc1ccccc1.[Rf]. The summed E-state index contributed by atoms with van der Waals surface area (Å²) in [7, 11) is 0. The molecular formula is C12H20NORf-. The van der Waals surface area contributed by atoms with Crippen LogP contribution in [0.2, 0.25) is 0 Å². The Labute approximate surface area is 87.0 Å². The van der Waals surface area contributed by atoms with Gasteiger partial charge in [0.1, 0.15) is 0 Å². The van der Waals surface area contributed by atoms with E-state index in [1.165, 1.54) is 5.56 Å². The summed E-state index contributed by atoms with van der Waals surface area (Å²) in [6.45, 7) is 6.97. The maximum absolute atomic E-state index is 8.94. The fourth-order valence-electron chi connectivity index (χ4n) is 0.964. The molecule has 0 fully saturated rings. The van der Waals surface area contributed by atoms with Gasteiger partial charge in [-0.25, -0.2) is 0 Å². The Kier molecular flexibility index (Phi) is 10.6. The van der Waals surface area contributed by atoms with Crippen LogP contribution in [0.4, 0.5) is 0 Å². The van der Waals surface area contributed by atoms with Crippen molar-refractivity contribution in [3.05, 3.63) is 41.2 Å². The van der Waals surface area contributed by atoms with Crippen LogP contribution in [0, 0.1) is 0 Å². The standard InChI is InChI=1S/C10H14NO.C2H6.Rf/c1-9(12)7-11-8-10-5-3-2-4-6-10;1-2;/h2-6,9,12H,7-8H2,1H3;1-2H3;/q-1;;. The van der Waals surface area contributed by atoms with Crippen LogP contribution in [-0.2, 0) is 6.54 Å². The zero-order chi connectivity index (χ0) is 10.8. The van der Waals surface area contributed by atoms with Gasteiger partial charge in [-0.2, -0.15) is 0 Å². The summed E-state index contributed by atoms with van der Waals surface area (Å²) in [6, 6.07) is 10.0. The molecule has 1 atom stereocenters. The summed E-state index contributed by atoms with van der Waals surface area (Å²) in [5.41, 5.74) is 1.19. The molecule has 0 heterocycles. The third kappa shape index (κ3) is 8.47. The fraction of sp³-hybridized carbons (Fsp3) is 0.500. The van der Waals surface area contributed by atoms with E-state index in [9.17, 15) is 0 Å². The van der Waals surface area contributed by atoms with Gasteiger partial charge < -0.3 is 10.4 Å². The molecule has 0 aromatic heterocycles. The number of aliphatic hydroxyl groups excluding tert-OH is 1. The van der Waals surface area contributed by atoms with Crippen molar-refractivity contribution in [2.75, 3.05) is 6.54 Å². The molecule has 0 bridgehead atoms. The van der Waals surface area contributed by atoms with Crippen LogP contribution in [0.15, 0.2) is 30.3 Å². The average Bonchev–Trinajstić information content (AvgIpc) is 2.22. The van der Waals surface area contributed by atoms with E-state index in [4.69, 9.17) is 5.11 Å². The predicted octanol–water partition coefficient (Wildman–Crippen LogP) is 2.97. The number of hydrogen-bond acceptors (Lipinski definition) is 1. The van der Waals surface area contributed by atoms with Crippen LogP contribution in [0.25, 0.3) is 5.32 Å². The molecule has 82 valence electrons. The zero-order valence-corrected chi connectivity index (χ0v) is 16.4. The van der Waals surface area contributed by atoms with Gasteiger partial charge in [0.15, 0.2) is 0 Å². The first-order chi connectivity index (χ1) is 6.79. The molecule has 0 radical (unpaired) electrons. The van der Waals surface area contributed by atoms with Crippen molar-refractivity contribution in [1.82, 2.24) is 0 Å². The van der Waals surface area contributed by atoms with E-state index in [1.807, 2.05) is 44.2 Å². The van der Waals surface area contributed by atoms with Crippen LogP contribution < -0.4 is 0 Å². The number of hydrogen-bond donors (Lipinski definition) is 1. The molecule has 0 aliphatic rings. The third-order valence-corrected chi connectivity index (χ3v) is 1.53. The molecule has 0 saturated heterocycles. The topological polar surface area (TPSA) is 34.3 Å². The van der Waals surface area contributed by atoms with E-state index in [2.05, 4.69) is 5.32 Å². The van der Waals surface area contributed by atoms with E-state index < -0.39 is 0 Å². The fourth-order valence-corrected chi connectivity index (χ4v) is 0.964. The molecule has 0 saturated carbocycles. The van der Waals surface area contributed by atoms with E-state index in [0.29, 0.717) is 13.1 Å². The minimum atomic E-state index is -0.325. The summed E-state index contributed by atoms with van der Waals surface area (Å²) in [4.78, 5) is 0. The summed E-state index contributed by atoms with van der Waals surface area (Å²) in [5.74, 6) is 0. The van der Waals surface area contributed by atoms with E-state index in [1.54, 1.807) is 6.92 Å². The number of benzene rings is 1. The van der Waals surface area contributed by atoms with Gasteiger partial charge in [-0.15, -0.1) is 13.1 Å². The molecule has 1 aromatic rings. The van der Waals surface area contributed by atoms with Gasteiger partial charge in [-0.1, -0.05) is 49.7 Å². The van der Waals surface area contributed by atoms with Crippen LogP contribution in [-0.4, -0.2) is 17.8 Å². The van der Waals surface area contributed by atoms with Crippen molar-refractivity contribution < 1.29 is 5.11 Å². The van der Waals surface area contributed by atoms with Crippen molar-refractivity contribution in [2.45, 2.75) is 33.4 Å². The van der Waals surface area contributed by atoms with Crippen LogP contribution >= 0.6 is 0 Å². The Morgan fingerprint density at radius 1 is 1.20 bits per heavy atom. The van der Waals surface area contributed by atoms with Crippen LogP contribution in [0.5, 0.6) is 0 Å². The van der Waals surface area contributed by atoms with Gasteiger partial charge in [0.05, 0.1) is 0 Å². The average molecular weight is 461 g/mol. The molecule has 1 N–H and O–H groups in total. The third-order valence-electron chi connectivity index (χ3n) is 1.53. The molecule has 0 spiro atoms. The minimum Gasteiger partial charge on any atom is -0.656 e. The summed E-state index contributed by atoms with van der Waals surface area (Å²) in [5, 5.41) is 13.1. The van der Waals surface area contributed by atoms with Gasteiger partial charge in [0, 0.05) is 6.10 Å². The Morgan fingerprint density at radius 2 is 1.73 bits per heavy atom. The zero-order valence-electron chi connectivity index (χ0n) is 9.98. The summed E-state index contributed by atoms with van der Waals surface area (Å²) >= 11 is 0. The van der Waals surface area contributed by atoms with Crippen LogP contribution in [0.3, 0.4) is 0 Å². The van der Waals surface area contributed by atoms with E-state index >= 15 is 0 Å². The molecule has 1 unspecified atom stereocenters. The van der Waals surface area contributed by atoms with Gasteiger partial charge in [-0.05, 0) is 6.92 Å². The summed E-state index contributed by atoms with van der Waals surface area (Å²) < 4.78 is 0. The maximum atomic E-state index is 8.94. The molecular weight excluding hydrogens is 441 g/mol. The first-order valence-electron chi connectivity index (χ1n) is 5.14. The van der Waals surface area contributed by atoms with Crippen molar-refractivity contribution >= 4 is 0 Å². The summed E-state index contributed by atoms with van der Waals surface area (Å²) in [6.07, 6.45) is -0.325. The molecule has 0 aliphatic heterocycles. The first kappa shape index (κ1) is 15.6. The molecule has 1 aromatic carbocycles. The number of nitrogens with zero attached hydrogens (tertiary/aromatic N) is 1. The van der Waals surface area contributed by atoms with E-state index in [0.717, 1.165) is 0 Å². The maximum Gasteiger partial charge on any atom is 0.0325 e.